The molecule has 3 rings (SSSR count). The van der Waals surface area contributed by atoms with Gasteiger partial charge in [-0.05, 0) is 24.3 Å². The third-order valence-electron chi connectivity index (χ3n) is 4.27. The first-order valence-electron chi connectivity index (χ1n) is 8.09. The number of rotatable bonds is 6. The van der Waals surface area contributed by atoms with Crippen molar-refractivity contribution < 1.29 is 18.3 Å². The number of aromatic nitrogens is 3. The van der Waals surface area contributed by atoms with E-state index in [4.69, 9.17) is 5.11 Å². The molecule has 0 unspecified atom stereocenters. The number of nitrogens with zero attached hydrogens (tertiary/aromatic N) is 4. The smallest absolute Gasteiger partial charge is 0.358 e. The second-order valence-electron chi connectivity index (χ2n) is 6.24. The van der Waals surface area contributed by atoms with Gasteiger partial charge < -0.3 is 5.11 Å². The molecule has 1 fully saturated rings. The van der Waals surface area contributed by atoms with Crippen LogP contribution in [-0.4, -0.2) is 51.9 Å². The van der Waals surface area contributed by atoms with E-state index in [0.29, 0.717) is 19.6 Å². The summed E-state index contributed by atoms with van der Waals surface area (Å²) in [5, 5.41) is 16.3. The first-order chi connectivity index (χ1) is 11.9. The number of hydrogen-bond acceptors (Lipinski definition) is 5. The molecule has 1 aliphatic rings. The number of aromatic carboxylic acids is 1. The fourth-order valence-corrected chi connectivity index (χ4v) is 4.70. The predicted octanol–water partition coefficient (Wildman–Crippen LogP) is 1.22. The molecule has 0 radical (unpaired) electrons. The van der Waals surface area contributed by atoms with E-state index < -0.39 is 16.0 Å². The van der Waals surface area contributed by atoms with Gasteiger partial charge in [0.2, 0.25) is 10.0 Å². The SMILES string of the molecule is O=C(O)c1cn(C[C@@H]2CCCN(S(=O)(=O)Cc3ccccc3)C2)nn1. The molecule has 9 heteroatoms. The van der Waals surface area contributed by atoms with E-state index in [1.165, 1.54) is 15.2 Å². The van der Waals surface area contributed by atoms with Gasteiger partial charge in [0.15, 0.2) is 5.69 Å². The Bertz CT molecular complexity index is 835. The van der Waals surface area contributed by atoms with E-state index in [1.54, 1.807) is 0 Å². The molecule has 1 aromatic carbocycles. The summed E-state index contributed by atoms with van der Waals surface area (Å²) in [6.45, 7) is 1.39. The van der Waals surface area contributed by atoms with Gasteiger partial charge in [0, 0.05) is 19.6 Å². The predicted molar refractivity (Wildman–Crippen MR) is 90.3 cm³/mol. The lowest BCUT2D eigenvalue weighted by molar-refractivity contribution is 0.0690. The van der Waals surface area contributed by atoms with Gasteiger partial charge in [0.05, 0.1) is 11.9 Å². The second-order valence-corrected chi connectivity index (χ2v) is 8.21. The van der Waals surface area contributed by atoms with Crippen molar-refractivity contribution in [2.24, 2.45) is 5.92 Å². The molecule has 1 N–H and O–H groups in total. The van der Waals surface area contributed by atoms with E-state index in [0.717, 1.165) is 18.4 Å². The summed E-state index contributed by atoms with van der Waals surface area (Å²) in [4.78, 5) is 10.9. The lowest BCUT2D eigenvalue weighted by atomic mass is 10.00. The Morgan fingerprint density at radius 2 is 2.04 bits per heavy atom. The zero-order valence-corrected chi connectivity index (χ0v) is 14.5. The molecule has 0 aliphatic carbocycles. The number of carbonyl (C=O) groups is 1. The van der Waals surface area contributed by atoms with Crippen molar-refractivity contribution in [2.75, 3.05) is 13.1 Å². The monoisotopic (exact) mass is 364 g/mol. The van der Waals surface area contributed by atoms with Gasteiger partial charge in [0.25, 0.3) is 0 Å². The van der Waals surface area contributed by atoms with Gasteiger partial charge >= 0.3 is 5.97 Å². The van der Waals surface area contributed by atoms with Crippen LogP contribution in [0.15, 0.2) is 36.5 Å². The summed E-state index contributed by atoms with van der Waals surface area (Å²) >= 11 is 0. The van der Waals surface area contributed by atoms with E-state index >= 15 is 0 Å². The highest BCUT2D eigenvalue weighted by Crippen LogP contribution is 2.22. The van der Waals surface area contributed by atoms with E-state index in [1.807, 2.05) is 30.3 Å². The number of hydrogen-bond donors (Lipinski definition) is 1. The largest absolute Gasteiger partial charge is 0.476 e. The molecular formula is C16H20N4O4S. The molecule has 1 aliphatic heterocycles. The van der Waals surface area contributed by atoms with Gasteiger partial charge in [-0.1, -0.05) is 35.5 Å². The maximum Gasteiger partial charge on any atom is 0.358 e. The van der Waals surface area contributed by atoms with Crippen LogP contribution in [0.25, 0.3) is 0 Å². The van der Waals surface area contributed by atoms with Crippen molar-refractivity contribution in [1.29, 1.82) is 0 Å². The van der Waals surface area contributed by atoms with Gasteiger partial charge in [0.1, 0.15) is 0 Å². The highest BCUT2D eigenvalue weighted by molar-refractivity contribution is 7.88. The van der Waals surface area contributed by atoms with Crippen molar-refractivity contribution in [1.82, 2.24) is 19.3 Å². The molecule has 1 atom stereocenters. The third kappa shape index (κ3) is 4.43. The fourth-order valence-electron chi connectivity index (χ4n) is 3.05. The minimum Gasteiger partial charge on any atom is -0.476 e. The van der Waals surface area contributed by atoms with Crippen molar-refractivity contribution >= 4 is 16.0 Å². The van der Waals surface area contributed by atoms with Crippen LogP contribution in [0.4, 0.5) is 0 Å². The summed E-state index contributed by atoms with van der Waals surface area (Å²) in [5.41, 5.74) is 0.663. The first kappa shape index (κ1) is 17.6. The van der Waals surface area contributed by atoms with Gasteiger partial charge in [-0.15, -0.1) is 5.10 Å². The third-order valence-corrected chi connectivity index (χ3v) is 6.09. The molecule has 2 aromatic rings. The van der Waals surface area contributed by atoms with Crippen molar-refractivity contribution in [3.63, 3.8) is 0 Å². The molecule has 0 saturated carbocycles. The van der Waals surface area contributed by atoms with Gasteiger partial charge in [-0.3, -0.25) is 4.68 Å². The quantitative estimate of drug-likeness (QED) is 0.826. The van der Waals surface area contributed by atoms with Gasteiger partial charge in [-0.2, -0.15) is 0 Å². The Balaban J connectivity index is 1.64. The molecule has 25 heavy (non-hydrogen) atoms. The van der Waals surface area contributed by atoms with Crippen LogP contribution in [0.2, 0.25) is 0 Å². The maximum absolute atomic E-state index is 12.7. The molecule has 2 heterocycles. The Morgan fingerprint density at radius 3 is 2.72 bits per heavy atom. The number of benzene rings is 1. The summed E-state index contributed by atoms with van der Waals surface area (Å²) in [6, 6.07) is 9.13. The molecule has 0 spiro atoms. The average Bonchev–Trinajstić information content (AvgIpc) is 3.04. The Labute approximate surface area is 146 Å². The van der Waals surface area contributed by atoms with E-state index in [-0.39, 0.29) is 17.4 Å². The van der Waals surface area contributed by atoms with Gasteiger partial charge in [-0.25, -0.2) is 17.5 Å². The van der Waals surface area contributed by atoms with Crippen LogP contribution in [0.5, 0.6) is 0 Å². The van der Waals surface area contributed by atoms with E-state index in [9.17, 15) is 13.2 Å². The lowest BCUT2D eigenvalue weighted by Gasteiger charge is -2.31. The van der Waals surface area contributed by atoms with E-state index in [2.05, 4.69) is 10.3 Å². The maximum atomic E-state index is 12.7. The standard InChI is InChI=1S/C16H20N4O4S/c21-16(22)15-11-19(18-17-15)9-14-7-4-8-20(10-14)25(23,24)12-13-5-2-1-3-6-13/h1-3,5-6,11,14H,4,7-10,12H2,(H,21,22)/t14-/m0/s1. The number of carboxylic acid groups (broad SMARTS) is 1. The summed E-state index contributed by atoms with van der Waals surface area (Å²) in [5.74, 6) is -1.04. The topological polar surface area (TPSA) is 105 Å². The highest BCUT2D eigenvalue weighted by Gasteiger charge is 2.29. The van der Waals surface area contributed by atoms with Crippen LogP contribution >= 0.6 is 0 Å². The zero-order chi connectivity index (χ0) is 17.9. The Morgan fingerprint density at radius 1 is 1.28 bits per heavy atom. The normalized spacial score (nSPS) is 19.0. The molecule has 134 valence electrons. The fraction of sp³-hybridized carbons (Fsp3) is 0.438. The van der Waals surface area contributed by atoms with Crippen molar-refractivity contribution in [3.05, 3.63) is 47.8 Å². The molecule has 0 amide bonds. The average molecular weight is 364 g/mol. The number of piperidine rings is 1. The minimum absolute atomic E-state index is 0.00690. The van der Waals surface area contributed by atoms with Crippen LogP contribution < -0.4 is 0 Å². The molecular weight excluding hydrogens is 344 g/mol. The number of carboxylic acids is 1. The molecule has 0 bridgehead atoms. The second kappa shape index (κ2) is 7.32. The Hall–Kier alpha value is -2.26. The minimum atomic E-state index is -3.38. The molecule has 1 aromatic heterocycles. The first-order valence-corrected chi connectivity index (χ1v) is 9.70. The summed E-state index contributed by atoms with van der Waals surface area (Å²) < 4.78 is 28.3. The summed E-state index contributed by atoms with van der Waals surface area (Å²) in [6.07, 6.45) is 3.03. The van der Waals surface area contributed by atoms with Crippen LogP contribution in [-0.2, 0) is 22.3 Å². The van der Waals surface area contributed by atoms with Crippen molar-refractivity contribution in [3.8, 4) is 0 Å². The van der Waals surface area contributed by atoms with Crippen LogP contribution in [0.3, 0.4) is 0 Å². The summed E-state index contributed by atoms with van der Waals surface area (Å²) in [7, 11) is -3.38. The van der Waals surface area contributed by atoms with Crippen LogP contribution in [0, 0.1) is 5.92 Å². The number of sulfonamides is 1. The Kier molecular flexibility index (Phi) is 5.14. The lowest BCUT2D eigenvalue weighted by Crippen LogP contribution is -2.41. The van der Waals surface area contributed by atoms with Crippen LogP contribution in [0.1, 0.15) is 28.9 Å². The van der Waals surface area contributed by atoms with Crippen molar-refractivity contribution in [2.45, 2.75) is 25.1 Å². The molecule has 1 saturated heterocycles. The zero-order valence-electron chi connectivity index (χ0n) is 13.7. The highest BCUT2D eigenvalue weighted by atomic mass is 32.2. The molecule has 8 nitrogen and oxygen atoms in total.